The summed E-state index contributed by atoms with van der Waals surface area (Å²) in [5.74, 6) is 0. The number of rotatable bonds is 4. The summed E-state index contributed by atoms with van der Waals surface area (Å²) in [5.41, 5.74) is 0. The summed E-state index contributed by atoms with van der Waals surface area (Å²) in [4.78, 5) is 0. The van der Waals surface area contributed by atoms with E-state index in [1.807, 2.05) is 6.92 Å². The zero-order valence-corrected chi connectivity index (χ0v) is 9.64. The molecule has 5 atom stereocenters. The summed E-state index contributed by atoms with van der Waals surface area (Å²) >= 11 is 0. The van der Waals surface area contributed by atoms with Gasteiger partial charge in [0.1, 0.15) is 18.3 Å². The van der Waals surface area contributed by atoms with Crippen molar-refractivity contribution in [3.05, 3.63) is 0 Å². The lowest BCUT2D eigenvalue weighted by Crippen LogP contribution is -2.58. The van der Waals surface area contributed by atoms with E-state index >= 15 is 0 Å². The van der Waals surface area contributed by atoms with E-state index < -0.39 is 12.4 Å². The van der Waals surface area contributed by atoms with Crippen molar-refractivity contribution in [3.8, 4) is 0 Å². The zero-order valence-electron chi connectivity index (χ0n) is 9.64. The molecular formula is C10H19O5. The highest BCUT2D eigenvalue weighted by molar-refractivity contribution is 4.89. The Hall–Kier alpha value is -0.200. The van der Waals surface area contributed by atoms with E-state index in [4.69, 9.17) is 18.9 Å². The van der Waals surface area contributed by atoms with Gasteiger partial charge in [0.15, 0.2) is 0 Å². The fraction of sp³-hybridized carbons (Fsp3) is 1.00. The largest absolute Gasteiger partial charge is 0.376 e. The first-order valence-corrected chi connectivity index (χ1v) is 5.14. The Kier molecular flexibility index (Phi) is 4.95. The van der Waals surface area contributed by atoms with Crippen LogP contribution in [0, 0.1) is 0 Å². The fourth-order valence-corrected chi connectivity index (χ4v) is 1.93. The Bertz CT molecular complexity index is 171. The van der Waals surface area contributed by atoms with Crippen molar-refractivity contribution < 1.29 is 24.1 Å². The lowest BCUT2D eigenvalue weighted by atomic mass is 9.99. The van der Waals surface area contributed by atoms with Gasteiger partial charge >= 0.3 is 0 Å². The molecule has 0 bridgehead atoms. The summed E-state index contributed by atoms with van der Waals surface area (Å²) in [7, 11) is 3.06. The molecule has 0 saturated carbocycles. The number of ether oxygens (including phenoxy) is 4. The normalized spacial score (nSPS) is 41.8. The molecule has 5 nitrogen and oxygen atoms in total. The maximum Gasteiger partial charge on any atom is 0.220 e. The van der Waals surface area contributed by atoms with Gasteiger partial charge in [0, 0.05) is 20.8 Å². The van der Waals surface area contributed by atoms with Crippen LogP contribution in [0.25, 0.3) is 0 Å². The average Bonchev–Trinajstić information content (AvgIpc) is 2.18. The molecule has 89 valence electrons. The Morgan fingerprint density at radius 3 is 2.20 bits per heavy atom. The van der Waals surface area contributed by atoms with Crippen LogP contribution in [0.4, 0.5) is 0 Å². The number of hydrogen-bond acceptors (Lipinski definition) is 4. The third kappa shape index (κ3) is 2.68. The van der Waals surface area contributed by atoms with Crippen LogP contribution < -0.4 is 0 Å². The summed E-state index contributed by atoms with van der Waals surface area (Å²) in [6, 6.07) is 0. The number of methoxy groups -OCH3 is 2. The Morgan fingerprint density at radius 2 is 1.73 bits per heavy atom. The molecule has 0 spiro atoms. The molecule has 3 unspecified atom stereocenters. The van der Waals surface area contributed by atoms with E-state index in [1.165, 1.54) is 7.11 Å². The van der Waals surface area contributed by atoms with Crippen LogP contribution in [-0.4, -0.2) is 51.5 Å². The molecule has 15 heavy (non-hydrogen) atoms. The summed E-state index contributed by atoms with van der Waals surface area (Å²) in [5, 5.41) is 11.6. The smallest absolute Gasteiger partial charge is 0.220 e. The molecule has 5 heteroatoms. The van der Waals surface area contributed by atoms with Crippen LogP contribution in [0.15, 0.2) is 0 Å². The molecular weight excluding hydrogens is 200 g/mol. The first-order valence-electron chi connectivity index (χ1n) is 5.14. The molecule has 1 heterocycles. The quantitative estimate of drug-likeness (QED) is 0.694. The van der Waals surface area contributed by atoms with Gasteiger partial charge in [-0.3, -0.25) is 0 Å². The molecule has 0 amide bonds. The summed E-state index contributed by atoms with van der Waals surface area (Å²) in [6.07, 6.45) is -2.74. The lowest BCUT2D eigenvalue weighted by Gasteiger charge is -2.41. The van der Waals surface area contributed by atoms with Crippen molar-refractivity contribution in [2.45, 2.75) is 44.6 Å². The van der Waals surface area contributed by atoms with Gasteiger partial charge in [-0.25, -0.2) is 0 Å². The topological polar surface area (TPSA) is 56.8 Å². The van der Waals surface area contributed by atoms with Crippen molar-refractivity contribution in [2.75, 3.05) is 20.8 Å². The van der Waals surface area contributed by atoms with E-state index in [9.17, 15) is 5.11 Å². The van der Waals surface area contributed by atoms with Crippen LogP contribution in [0.3, 0.4) is 0 Å². The van der Waals surface area contributed by atoms with Gasteiger partial charge in [-0.1, -0.05) is 0 Å². The van der Waals surface area contributed by atoms with Gasteiger partial charge in [0.25, 0.3) is 0 Å². The second-order valence-electron chi connectivity index (χ2n) is 3.53. The van der Waals surface area contributed by atoms with Crippen LogP contribution in [0.1, 0.15) is 13.8 Å². The highest BCUT2D eigenvalue weighted by Gasteiger charge is 2.45. The van der Waals surface area contributed by atoms with Crippen molar-refractivity contribution in [3.63, 3.8) is 0 Å². The maximum absolute atomic E-state index is 11.6. The van der Waals surface area contributed by atoms with Crippen molar-refractivity contribution in [1.29, 1.82) is 0 Å². The third-order valence-electron chi connectivity index (χ3n) is 2.63. The van der Waals surface area contributed by atoms with Crippen LogP contribution >= 0.6 is 0 Å². The van der Waals surface area contributed by atoms with Crippen molar-refractivity contribution >= 4 is 0 Å². The van der Waals surface area contributed by atoms with E-state index in [2.05, 4.69) is 0 Å². The summed E-state index contributed by atoms with van der Waals surface area (Å²) < 4.78 is 21.1. The van der Waals surface area contributed by atoms with Gasteiger partial charge in [0.2, 0.25) is 6.29 Å². The minimum absolute atomic E-state index is 0.264. The first-order chi connectivity index (χ1) is 7.15. The lowest BCUT2D eigenvalue weighted by molar-refractivity contribution is -0.310. The minimum Gasteiger partial charge on any atom is -0.376 e. The molecule has 1 aliphatic heterocycles. The van der Waals surface area contributed by atoms with Crippen LogP contribution in [0.5, 0.6) is 0 Å². The molecule has 0 N–H and O–H groups in total. The molecule has 0 aliphatic carbocycles. The highest BCUT2D eigenvalue weighted by atomic mass is 16.7. The predicted octanol–water partition coefficient (Wildman–Crippen LogP) is 0.597. The fourth-order valence-electron chi connectivity index (χ4n) is 1.93. The average molecular weight is 219 g/mol. The van der Waals surface area contributed by atoms with Crippen molar-refractivity contribution in [2.24, 2.45) is 0 Å². The zero-order chi connectivity index (χ0) is 11.4. The molecule has 1 fully saturated rings. The van der Waals surface area contributed by atoms with Gasteiger partial charge in [-0.05, 0) is 13.8 Å². The minimum atomic E-state index is -1.21. The Labute approximate surface area is 90.3 Å². The molecule has 1 rings (SSSR count). The monoisotopic (exact) mass is 219 g/mol. The van der Waals surface area contributed by atoms with Crippen LogP contribution in [0.2, 0.25) is 0 Å². The van der Waals surface area contributed by atoms with Crippen molar-refractivity contribution in [1.82, 2.24) is 0 Å². The summed E-state index contributed by atoms with van der Waals surface area (Å²) in [6.45, 7) is 4.19. The maximum atomic E-state index is 11.6. The second kappa shape index (κ2) is 5.77. The van der Waals surface area contributed by atoms with Crippen LogP contribution in [-0.2, 0) is 24.1 Å². The molecule has 0 aromatic rings. The van der Waals surface area contributed by atoms with E-state index in [-0.39, 0.29) is 18.3 Å². The molecule has 1 aliphatic rings. The van der Waals surface area contributed by atoms with E-state index in [0.717, 1.165) is 0 Å². The second-order valence-corrected chi connectivity index (χ2v) is 3.53. The van der Waals surface area contributed by atoms with Gasteiger partial charge in [0.05, 0.1) is 6.10 Å². The highest BCUT2D eigenvalue weighted by Crippen LogP contribution is 2.26. The predicted molar refractivity (Wildman–Crippen MR) is 52.0 cm³/mol. The van der Waals surface area contributed by atoms with E-state index in [1.54, 1.807) is 14.0 Å². The molecule has 0 aromatic heterocycles. The Balaban J connectivity index is 2.77. The Morgan fingerprint density at radius 1 is 1.13 bits per heavy atom. The standard InChI is InChI=1S/C10H19O5/c1-5-14-8-7(12-3)6(2)15-10(11)9(8)13-4/h6-10H,5H2,1-4H3/t6?,7-,8?,9?,10+/m0/s1. The van der Waals surface area contributed by atoms with Gasteiger partial charge < -0.3 is 18.9 Å². The molecule has 1 radical (unpaired) electrons. The first kappa shape index (κ1) is 12.9. The molecule has 0 aromatic carbocycles. The SMILES string of the molecule is CCOC1C(OC)[C@H]([O])OC(C)[C@@H]1OC. The third-order valence-corrected chi connectivity index (χ3v) is 2.63. The van der Waals surface area contributed by atoms with Gasteiger partial charge in [-0.2, -0.15) is 5.11 Å². The number of hydrogen-bond donors (Lipinski definition) is 0. The van der Waals surface area contributed by atoms with E-state index in [0.29, 0.717) is 6.61 Å². The van der Waals surface area contributed by atoms with Gasteiger partial charge in [-0.15, -0.1) is 0 Å². The molecule has 1 saturated heterocycles.